The van der Waals surface area contributed by atoms with Gasteiger partial charge in [-0.3, -0.25) is 4.79 Å². The number of aliphatic hydroxyl groups excluding tert-OH is 1. The molecule has 1 unspecified atom stereocenters. The Morgan fingerprint density at radius 2 is 1.53 bits per heavy atom. The van der Waals surface area contributed by atoms with E-state index in [9.17, 15) is 4.79 Å². The first-order valence-electron chi connectivity index (χ1n) is 3.20. The zero-order valence-corrected chi connectivity index (χ0v) is 14.7. The predicted molar refractivity (Wildman–Crippen MR) is 66.5 cm³/mol. The van der Waals surface area contributed by atoms with Crippen LogP contribution in [0.1, 0.15) is 12.8 Å². The van der Waals surface area contributed by atoms with Crippen molar-refractivity contribution in [1.82, 2.24) is 0 Å². The maximum Gasteiger partial charge on any atom is 3.00 e. The van der Waals surface area contributed by atoms with Crippen molar-refractivity contribution in [1.29, 1.82) is 0 Å². The van der Waals surface area contributed by atoms with E-state index < -0.39 is 12.3 Å². The molecule has 1 saturated heterocycles. The molecule has 17 heavy (non-hydrogen) atoms. The van der Waals surface area contributed by atoms with Crippen molar-refractivity contribution in [3.63, 3.8) is 0 Å². The van der Waals surface area contributed by atoms with Gasteiger partial charge >= 0.3 is 39.0 Å². The van der Waals surface area contributed by atoms with E-state index in [1.807, 2.05) is 0 Å². The van der Waals surface area contributed by atoms with Gasteiger partial charge in [-0.2, -0.15) is 0 Å². The Morgan fingerprint density at radius 3 is 1.76 bits per heavy atom. The molecule has 0 bridgehead atoms. The molecule has 1 heterocycles. The standard InChI is InChI=1S/C6H10NO3.5CH3.2Rh/c1-10-6(9)4-2-3-5(8)7-4;;;;;;;/h4-5,8H,2-3H2,1H3;5*1H3;;/q6*-1;2*+3/t4-,5?;;;;;;;/m0......./s1. The third-order valence-electron chi connectivity index (χ3n) is 1.52. The van der Waals surface area contributed by atoms with Crippen LogP contribution < -0.4 is 0 Å². The van der Waals surface area contributed by atoms with Crippen molar-refractivity contribution < 1.29 is 53.6 Å². The summed E-state index contributed by atoms with van der Waals surface area (Å²) in [7, 11) is 1.32. The van der Waals surface area contributed by atoms with Crippen molar-refractivity contribution in [2.24, 2.45) is 0 Å². The minimum atomic E-state index is -0.663. The first-order chi connectivity index (χ1) is 4.74. The summed E-state index contributed by atoms with van der Waals surface area (Å²) in [5.74, 6) is -0.350. The summed E-state index contributed by atoms with van der Waals surface area (Å²) in [5.41, 5.74) is 0. The van der Waals surface area contributed by atoms with Crippen molar-refractivity contribution in [2.75, 3.05) is 7.11 Å². The summed E-state index contributed by atoms with van der Waals surface area (Å²) in [5, 5.41) is 12.6. The molecule has 0 amide bonds. The summed E-state index contributed by atoms with van der Waals surface area (Å²) in [6.07, 6.45) is 0.511. The van der Waals surface area contributed by atoms with E-state index in [1.54, 1.807) is 0 Å². The van der Waals surface area contributed by atoms with E-state index in [1.165, 1.54) is 7.11 Å². The van der Waals surface area contributed by atoms with Gasteiger partial charge in [-0.25, -0.2) is 0 Å². The second kappa shape index (κ2) is 21.9. The maximum absolute atomic E-state index is 10.7. The second-order valence-electron chi connectivity index (χ2n) is 2.25. The zero-order chi connectivity index (χ0) is 7.56. The largest absolute Gasteiger partial charge is 3.00 e. The molecule has 0 spiro atoms. The Balaban J connectivity index is -0.0000000286. The fraction of sp³-hybridized carbons (Fsp3) is 0.455. The first-order valence-corrected chi connectivity index (χ1v) is 3.20. The summed E-state index contributed by atoms with van der Waals surface area (Å²) in [4.78, 5) is 10.7. The molecule has 0 aromatic rings. The molecule has 0 aliphatic carbocycles. The van der Waals surface area contributed by atoms with E-state index in [0.29, 0.717) is 12.8 Å². The van der Waals surface area contributed by atoms with Crippen LogP contribution in [0.5, 0.6) is 0 Å². The number of hydrogen-bond donors (Lipinski definition) is 1. The summed E-state index contributed by atoms with van der Waals surface area (Å²) in [6, 6.07) is -0.431. The Labute approximate surface area is 134 Å². The monoisotopic (exact) mass is 425 g/mol. The molecule has 0 radical (unpaired) electrons. The van der Waals surface area contributed by atoms with Crippen LogP contribution in [-0.4, -0.2) is 30.5 Å². The third-order valence-corrected chi connectivity index (χ3v) is 1.52. The van der Waals surface area contributed by atoms with E-state index >= 15 is 0 Å². The fourth-order valence-electron chi connectivity index (χ4n) is 0.978. The number of rotatable bonds is 1. The summed E-state index contributed by atoms with van der Waals surface area (Å²) < 4.78 is 4.44. The van der Waals surface area contributed by atoms with E-state index in [2.05, 4.69) is 10.1 Å². The molecule has 4 nitrogen and oxygen atoms in total. The van der Waals surface area contributed by atoms with E-state index in [-0.39, 0.29) is 82.1 Å². The summed E-state index contributed by atoms with van der Waals surface area (Å²) >= 11 is 0. The van der Waals surface area contributed by atoms with Crippen LogP contribution in [0.3, 0.4) is 0 Å². The van der Waals surface area contributed by atoms with Gasteiger partial charge in [0.05, 0.1) is 7.11 Å². The van der Waals surface area contributed by atoms with Crippen LogP contribution in [-0.2, 0) is 48.5 Å². The maximum atomic E-state index is 10.7. The minimum Gasteiger partial charge on any atom is -0.625 e. The molecule has 6 heteroatoms. The number of aliphatic hydroxyl groups is 1. The molecule has 1 N–H and O–H groups in total. The number of carbonyl (C=O) groups is 1. The Morgan fingerprint density at radius 1 is 1.12 bits per heavy atom. The number of nitrogens with zero attached hydrogens (tertiary/aromatic N) is 1. The zero-order valence-electron chi connectivity index (χ0n) is 11.4. The van der Waals surface area contributed by atoms with Gasteiger partial charge in [0.25, 0.3) is 5.97 Å². The van der Waals surface area contributed by atoms with Crippen LogP contribution in [0.25, 0.3) is 5.32 Å². The number of esters is 1. The molecule has 1 rings (SSSR count). The SMILES string of the molecule is COC(=O)[C@@H]1CCC(O)[N-]1.[CH3-].[CH3-].[CH3-].[CH3-].[CH3-].[Rh+3].[Rh+3]. The van der Waals surface area contributed by atoms with Gasteiger partial charge < -0.3 is 52.3 Å². The van der Waals surface area contributed by atoms with Crippen LogP contribution in [0.15, 0.2) is 0 Å². The van der Waals surface area contributed by atoms with Crippen molar-refractivity contribution in [3.05, 3.63) is 42.5 Å². The van der Waals surface area contributed by atoms with Crippen LogP contribution in [0, 0.1) is 37.1 Å². The van der Waals surface area contributed by atoms with E-state index in [4.69, 9.17) is 5.11 Å². The van der Waals surface area contributed by atoms with Gasteiger partial charge in [0.1, 0.15) is 0 Å². The number of methoxy groups -OCH3 is 1. The van der Waals surface area contributed by atoms with Gasteiger partial charge in [-0.15, -0.1) is 0 Å². The first kappa shape index (κ1) is 43.1. The van der Waals surface area contributed by atoms with Crippen LogP contribution >= 0.6 is 0 Å². The fourth-order valence-corrected chi connectivity index (χ4v) is 0.978. The van der Waals surface area contributed by atoms with Crippen LogP contribution in [0.4, 0.5) is 0 Å². The minimum absolute atomic E-state index is 0. The molecule has 1 aliphatic heterocycles. The normalized spacial score (nSPS) is 18.9. The van der Waals surface area contributed by atoms with Gasteiger partial charge in [-0.1, -0.05) is 6.42 Å². The molecule has 0 saturated carbocycles. The van der Waals surface area contributed by atoms with Gasteiger partial charge in [0.2, 0.25) is 0 Å². The van der Waals surface area contributed by atoms with Crippen molar-refractivity contribution >= 4 is 5.97 Å². The predicted octanol–water partition coefficient (Wildman–Crippen LogP) is 2.26. The Hall–Kier alpha value is 0.637. The Bertz CT molecular complexity index is 149. The quantitative estimate of drug-likeness (QED) is 0.399. The molecule has 0 aromatic carbocycles. The average molecular weight is 425 g/mol. The number of hydrogen-bond acceptors (Lipinski definition) is 3. The molecular weight excluding hydrogens is 400 g/mol. The molecule has 2 atom stereocenters. The molecule has 0 aromatic heterocycles. The van der Waals surface area contributed by atoms with Crippen molar-refractivity contribution in [3.8, 4) is 0 Å². The van der Waals surface area contributed by atoms with Crippen LogP contribution in [0.2, 0.25) is 0 Å². The molecule has 1 aliphatic rings. The third kappa shape index (κ3) is 14.6. The molecular formula is C11H25NO3Rh2. The van der Waals surface area contributed by atoms with Gasteiger partial charge in [-0.05, 0) is 18.7 Å². The molecule has 1 fully saturated rings. The second-order valence-corrected chi connectivity index (χ2v) is 2.25. The topological polar surface area (TPSA) is 60.6 Å². The van der Waals surface area contributed by atoms with Gasteiger partial charge in [0, 0.05) is 0 Å². The van der Waals surface area contributed by atoms with Gasteiger partial charge in [0.15, 0.2) is 0 Å². The molecule has 110 valence electrons. The van der Waals surface area contributed by atoms with Crippen molar-refractivity contribution in [2.45, 2.75) is 25.1 Å². The van der Waals surface area contributed by atoms with E-state index in [0.717, 1.165) is 0 Å². The smallest absolute Gasteiger partial charge is 0.625 e. The number of carbonyl (C=O) groups excluding carboxylic acids is 1. The number of ether oxygens (including phenoxy) is 1. The Kier molecular flexibility index (Phi) is 55.5. The average Bonchev–Trinajstić information content (AvgIpc) is 2.34. The summed E-state index contributed by atoms with van der Waals surface area (Å²) in [6.45, 7) is 0.